The van der Waals surface area contributed by atoms with Gasteiger partial charge in [0.25, 0.3) is 0 Å². The van der Waals surface area contributed by atoms with Crippen molar-refractivity contribution in [2.24, 2.45) is 0 Å². The van der Waals surface area contributed by atoms with Gasteiger partial charge in [-0.1, -0.05) is 0 Å². The fourth-order valence-electron chi connectivity index (χ4n) is 0.705. The second kappa shape index (κ2) is 3.05. The molecule has 0 radical (unpaired) electrons. The summed E-state index contributed by atoms with van der Waals surface area (Å²) in [5.74, 6) is -0.397. The number of carbonyl (C=O) groups excluding carboxylic acids is 1. The molecule has 0 fully saturated rings. The van der Waals surface area contributed by atoms with E-state index in [4.69, 9.17) is 11.2 Å². The number of carbonyl (C=O) groups is 1. The Kier molecular flexibility index (Phi) is 1.73. The summed E-state index contributed by atoms with van der Waals surface area (Å²) >= 11 is 0. The SMILES string of the molecule is [2H]C1=C/C(=C\O)C=C(OC)C1=O. The van der Waals surface area contributed by atoms with E-state index in [-0.39, 0.29) is 11.8 Å². The molecule has 0 spiro atoms. The molecule has 1 N–H and O–H groups in total. The molecule has 0 heterocycles. The Morgan fingerprint density at radius 1 is 1.82 bits per heavy atom. The van der Waals surface area contributed by atoms with Gasteiger partial charge in [-0.25, -0.2) is 0 Å². The van der Waals surface area contributed by atoms with E-state index in [9.17, 15) is 4.79 Å². The second-order valence-corrected chi connectivity index (χ2v) is 1.96. The van der Waals surface area contributed by atoms with E-state index in [1.807, 2.05) is 0 Å². The molecule has 0 atom stereocenters. The lowest BCUT2D eigenvalue weighted by molar-refractivity contribution is -0.114. The Morgan fingerprint density at radius 2 is 2.55 bits per heavy atom. The molecule has 0 bridgehead atoms. The van der Waals surface area contributed by atoms with Crippen LogP contribution >= 0.6 is 0 Å². The van der Waals surface area contributed by atoms with Gasteiger partial charge in [-0.2, -0.15) is 0 Å². The number of hydrogen-bond acceptors (Lipinski definition) is 3. The van der Waals surface area contributed by atoms with Crippen LogP contribution in [0.3, 0.4) is 0 Å². The van der Waals surface area contributed by atoms with Crippen LogP contribution < -0.4 is 0 Å². The van der Waals surface area contributed by atoms with Crippen molar-refractivity contribution in [3.8, 4) is 0 Å². The number of hydrogen-bond donors (Lipinski definition) is 1. The first-order valence-electron chi connectivity index (χ1n) is 3.52. The monoisotopic (exact) mass is 153 g/mol. The number of methoxy groups -OCH3 is 1. The molecular formula is C8H8O3. The standard InChI is InChI=1S/C8H8O3/c1-11-8-4-6(5-9)2-3-7(8)10/h2-5,9H,1H3/b6-5+/i3D. The van der Waals surface area contributed by atoms with Crippen LogP contribution in [0.25, 0.3) is 0 Å². The molecule has 3 heteroatoms. The van der Waals surface area contributed by atoms with Crippen LogP contribution in [0.1, 0.15) is 1.37 Å². The molecule has 58 valence electrons. The molecule has 0 amide bonds. The first-order valence-corrected chi connectivity index (χ1v) is 3.02. The third-order valence-corrected chi connectivity index (χ3v) is 1.26. The van der Waals surface area contributed by atoms with Crippen LogP contribution in [0.15, 0.2) is 35.8 Å². The third kappa shape index (κ3) is 1.49. The normalized spacial score (nSPS) is 22.5. The Hall–Kier alpha value is -1.51. The van der Waals surface area contributed by atoms with Gasteiger partial charge in [0.2, 0.25) is 5.78 Å². The van der Waals surface area contributed by atoms with Gasteiger partial charge in [-0.15, -0.1) is 0 Å². The molecule has 0 unspecified atom stereocenters. The van der Waals surface area contributed by atoms with Gasteiger partial charge in [0.15, 0.2) is 5.76 Å². The minimum atomic E-state index is -0.469. The maximum absolute atomic E-state index is 11.1. The Bertz CT molecular complexity index is 299. The quantitative estimate of drug-likeness (QED) is 0.574. The van der Waals surface area contributed by atoms with Gasteiger partial charge in [-0.05, 0) is 18.2 Å². The Morgan fingerprint density at radius 3 is 3.09 bits per heavy atom. The summed E-state index contributed by atoms with van der Waals surface area (Å²) < 4.78 is 11.9. The highest BCUT2D eigenvalue weighted by molar-refractivity contribution is 6.04. The molecule has 1 aliphatic rings. The largest absolute Gasteiger partial charge is 0.515 e. The second-order valence-electron chi connectivity index (χ2n) is 1.96. The van der Waals surface area contributed by atoms with Gasteiger partial charge in [0.1, 0.15) is 0 Å². The number of aliphatic hydroxyl groups is 1. The number of ketones is 1. The van der Waals surface area contributed by atoms with E-state index in [2.05, 4.69) is 0 Å². The van der Waals surface area contributed by atoms with E-state index < -0.39 is 5.78 Å². The summed E-state index contributed by atoms with van der Waals surface area (Å²) in [7, 11) is 1.34. The van der Waals surface area contributed by atoms with Crippen molar-refractivity contribution < 1.29 is 16.0 Å². The highest BCUT2D eigenvalue weighted by Crippen LogP contribution is 2.12. The molecule has 11 heavy (non-hydrogen) atoms. The topological polar surface area (TPSA) is 46.5 Å². The van der Waals surface area contributed by atoms with Crippen molar-refractivity contribution in [1.29, 1.82) is 0 Å². The molecule has 0 aromatic carbocycles. The van der Waals surface area contributed by atoms with Gasteiger partial charge in [0, 0.05) is 5.57 Å². The van der Waals surface area contributed by atoms with E-state index in [0.29, 0.717) is 5.57 Å². The van der Waals surface area contributed by atoms with Crippen molar-refractivity contribution in [1.82, 2.24) is 0 Å². The van der Waals surface area contributed by atoms with Crippen molar-refractivity contribution in [3.05, 3.63) is 35.8 Å². The average molecular weight is 153 g/mol. The predicted molar refractivity (Wildman–Crippen MR) is 40.0 cm³/mol. The molecule has 0 aromatic rings. The van der Waals surface area contributed by atoms with Crippen LogP contribution in [0, 0.1) is 0 Å². The fraction of sp³-hybridized carbons (Fsp3) is 0.125. The zero-order chi connectivity index (χ0) is 9.14. The van der Waals surface area contributed by atoms with Gasteiger partial charge >= 0.3 is 0 Å². The minimum absolute atomic E-state index is 0.0720. The lowest BCUT2D eigenvalue weighted by Crippen LogP contribution is -2.04. The van der Waals surface area contributed by atoms with Gasteiger partial charge < -0.3 is 9.84 Å². The molecule has 0 aromatic heterocycles. The van der Waals surface area contributed by atoms with E-state index in [1.165, 1.54) is 19.3 Å². The zero-order valence-corrected chi connectivity index (χ0v) is 6.00. The maximum Gasteiger partial charge on any atom is 0.220 e. The van der Waals surface area contributed by atoms with Crippen LogP contribution in [0.5, 0.6) is 0 Å². The Balaban J connectivity index is 3.05. The van der Waals surface area contributed by atoms with Crippen molar-refractivity contribution >= 4 is 5.78 Å². The first-order chi connectivity index (χ1) is 5.69. The number of rotatable bonds is 1. The fourth-order valence-corrected chi connectivity index (χ4v) is 0.705. The number of aliphatic hydroxyl groups excluding tert-OH is 1. The van der Waals surface area contributed by atoms with E-state index >= 15 is 0 Å². The lowest BCUT2D eigenvalue weighted by Gasteiger charge is -2.05. The van der Waals surface area contributed by atoms with Crippen LogP contribution in [0.4, 0.5) is 0 Å². The van der Waals surface area contributed by atoms with Crippen molar-refractivity contribution in [3.63, 3.8) is 0 Å². The highest BCUT2D eigenvalue weighted by Gasteiger charge is 2.10. The summed E-state index contributed by atoms with van der Waals surface area (Å²) in [6.45, 7) is 0. The molecule has 0 saturated carbocycles. The average Bonchev–Trinajstić information content (AvgIpc) is 2.09. The molecule has 1 rings (SSSR count). The first kappa shape index (κ1) is 6.22. The van der Waals surface area contributed by atoms with E-state index in [1.54, 1.807) is 0 Å². The summed E-state index contributed by atoms with van der Waals surface area (Å²) in [5, 5.41) is 8.61. The zero-order valence-electron chi connectivity index (χ0n) is 7.00. The molecule has 1 aliphatic carbocycles. The van der Waals surface area contributed by atoms with E-state index in [0.717, 1.165) is 6.26 Å². The third-order valence-electron chi connectivity index (χ3n) is 1.26. The predicted octanol–water partition coefficient (Wildman–Crippen LogP) is 1.10. The molecular weight excluding hydrogens is 144 g/mol. The summed E-state index contributed by atoms with van der Waals surface area (Å²) in [5.41, 5.74) is 0.386. The summed E-state index contributed by atoms with van der Waals surface area (Å²) in [6.07, 6.45) is 3.46. The lowest BCUT2D eigenvalue weighted by atomic mass is 10.1. The van der Waals surface area contributed by atoms with Gasteiger partial charge in [0.05, 0.1) is 14.7 Å². The van der Waals surface area contributed by atoms with Crippen LogP contribution in [-0.2, 0) is 9.53 Å². The van der Waals surface area contributed by atoms with Crippen LogP contribution in [-0.4, -0.2) is 18.0 Å². The molecule has 0 aliphatic heterocycles. The number of allylic oxidation sites excluding steroid dienone is 4. The smallest absolute Gasteiger partial charge is 0.220 e. The van der Waals surface area contributed by atoms with Crippen LogP contribution in [0.2, 0.25) is 0 Å². The van der Waals surface area contributed by atoms with Crippen molar-refractivity contribution in [2.45, 2.75) is 0 Å². The van der Waals surface area contributed by atoms with Crippen molar-refractivity contribution in [2.75, 3.05) is 7.11 Å². The molecule has 3 nitrogen and oxygen atoms in total. The Labute approximate surface area is 65.7 Å². The number of ether oxygens (including phenoxy) is 1. The summed E-state index contributed by atoms with van der Waals surface area (Å²) in [6, 6.07) is -0.186. The summed E-state index contributed by atoms with van der Waals surface area (Å²) in [4.78, 5) is 11.1. The van der Waals surface area contributed by atoms with Gasteiger partial charge in [-0.3, -0.25) is 4.79 Å². The molecule has 0 saturated heterocycles. The maximum atomic E-state index is 11.1. The highest BCUT2D eigenvalue weighted by atomic mass is 16.5. The minimum Gasteiger partial charge on any atom is -0.515 e.